The second-order valence-corrected chi connectivity index (χ2v) is 5.51. The lowest BCUT2D eigenvalue weighted by Crippen LogP contribution is -2.23. The largest absolute Gasteiger partial charge is 0.374 e. The molecular weight excluding hydrogens is 236 g/mol. The van der Waals surface area contributed by atoms with Crippen LogP contribution in [0, 0.1) is 5.41 Å². The molecule has 19 heavy (non-hydrogen) atoms. The summed E-state index contributed by atoms with van der Waals surface area (Å²) in [5, 5.41) is 0. The van der Waals surface area contributed by atoms with Gasteiger partial charge in [-0.25, -0.2) is 0 Å². The fourth-order valence-electron chi connectivity index (χ4n) is 2.61. The normalized spacial score (nSPS) is 24.4. The number of hydrogen-bond acceptors (Lipinski definition) is 2. The molecule has 0 heterocycles. The van der Waals surface area contributed by atoms with Gasteiger partial charge in [-0.2, -0.15) is 0 Å². The SMILES string of the molecule is CCO[C@H](C[C@]1(C)C=CC(=O)CC1)c1ccccc1. The Balaban J connectivity index is 2.13. The molecule has 0 saturated carbocycles. The van der Waals surface area contributed by atoms with Crippen molar-refractivity contribution in [3.63, 3.8) is 0 Å². The number of carbonyl (C=O) groups is 1. The monoisotopic (exact) mass is 258 g/mol. The van der Waals surface area contributed by atoms with Crippen LogP contribution in [0.2, 0.25) is 0 Å². The molecule has 0 amide bonds. The highest BCUT2D eigenvalue weighted by atomic mass is 16.5. The van der Waals surface area contributed by atoms with Crippen molar-refractivity contribution in [2.24, 2.45) is 5.41 Å². The molecule has 2 nitrogen and oxygen atoms in total. The van der Waals surface area contributed by atoms with Crippen molar-refractivity contribution in [3.8, 4) is 0 Å². The molecule has 0 unspecified atom stereocenters. The first kappa shape index (κ1) is 14.0. The smallest absolute Gasteiger partial charge is 0.155 e. The Morgan fingerprint density at radius 3 is 2.63 bits per heavy atom. The third kappa shape index (κ3) is 3.77. The van der Waals surface area contributed by atoms with Crippen LogP contribution in [0.5, 0.6) is 0 Å². The van der Waals surface area contributed by atoms with E-state index in [2.05, 4.69) is 25.1 Å². The molecule has 1 aliphatic carbocycles. The summed E-state index contributed by atoms with van der Waals surface area (Å²) in [5.74, 6) is 0.241. The van der Waals surface area contributed by atoms with Gasteiger partial charge in [0.05, 0.1) is 6.10 Å². The molecule has 1 aromatic carbocycles. The predicted molar refractivity (Wildman–Crippen MR) is 76.9 cm³/mol. The summed E-state index contributed by atoms with van der Waals surface area (Å²) in [4.78, 5) is 11.3. The van der Waals surface area contributed by atoms with E-state index in [1.807, 2.05) is 25.1 Å². The maximum absolute atomic E-state index is 11.3. The van der Waals surface area contributed by atoms with Gasteiger partial charge in [0.15, 0.2) is 5.78 Å². The second kappa shape index (κ2) is 6.16. The van der Waals surface area contributed by atoms with Crippen LogP contribution in [0.1, 0.15) is 44.8 Å². The number of carbonyl (C=O) groups excluding carboxylic acids is 1. The number of benzene rings is 1. The van der Waals surface area contributed by atoms with Crippen LogP contribution in [-0.4, -0.2) is 12.4 Å². The number of ketones is 1. The summed E-state index contributed by atoms with van der Waals surface area (Å²) in [5.41, 5.74) is 1.28. The van der Waals surface area contributed by atoms with E-state index < -0.39 is 0 Å². The van der Waals surface area contributed by atoms with Crippen molar-refractivity contribution < 1.29 is 9.53 Å². The Kier molecular flexibility index (Phi) is 4.54. The quantitative estimate of drug-likeness (QED) is 0.795. The van der Waals surface area contributed by atoms with Crippen LogP contribution in [0.25, 0.3) is 0 Å². The molecule has 0 fully saturated rings. The van der Waals surface area contributed by atoms with Crippen molar-refractivity contribution in [1.29, 1.82) is 0 Å². The molecule has 2 rings (SSSR count). The summed E-state index contributed by atoms with van der Waals surface area (Å²) in [6, 6.07) is 10.3. The lowest BCUT2D eigenvalue weighted by atomic mass is 9.75. The van der Waals surface area contributed by atoms with E-state index in [-0.39, 0.29) is 17.3 Å². The zero-order valence-electron chi connectivity index (χ0n) is 11.8. The minimum absolute atomic E-state index is 0.0591. The van der Waals surface area contributed by atoms with E-state index in [4.69, 9.17) is 4.74 Å². The molecule has 1 aliphatic rings. The van der Waals surface area contributed by atoms with Crippen molar-refractivity contribution in [3.05, 3.63) is 48.0 Å². The molecule has 2 atom stereocenters. The van der Waals surface area contributed by atoms with Crippen molar-refractivity contribution >= 4 is 5.78 Å². The summed E-state index contributed by atoms with van der Waals surface area (Å²) >= 11 is 0. The van der Waals surface area contributed by atoms with Gasteiger partial charge in [0, 0.05) is 13.0 Å². The average molecular weight is 258 g/mol. The van der Waals surface area contributed by atoms with Crippen LogP contribution in [0.4, 0.5) is 0 Å². The molecule has 102 valence electrons. The first-order valence-electron chi connectivity index (χ1n) is 7.01. The zero-order valence-corrected chi connectivity index (χ0v) is 11.8. The van der Waals surface area contributed by atoms with Gasteiger partial charge in [-0.1, -0.05) is 43.3 Å². The molecule has 0 spiro atoms. The minimum atomic E-state index is 0.0591. The molecule has 0 aliphatic heterocycles. The molecular formula is C17H22O2. The molecule has 0 radical (unpaired) electrons. The summed E-state index contributed by atoms with van der Waals surface area (Å²) in [6.45, 7) is 4.95. The zero-order chi connectivity index (χ0) is 13.7. The van der Waals surface area contributed by atoms with Crippen LogP contribution in [0.15, 0.2) is 42.5 Å². The molecule has 2 heteroatoms. The van der Waals surface area contributed by atoms with Crippen LogP contribution >= 0.6 is 0 Å². The average Bonchev–Trinajstić information content (AvgIpc) is 2.43. The lowest BCUT2D eigenvalue weighted by molar-refractivity contribution is -0.115. The van der Waals surface area contributed by atoms with E-state index in [0.29, 0.717) is 13.0 Å². The highest BCUT2D eigenvalue weighted by molar-refractivity contribution is 5.90. The third-order valence-electron chi connectivity index (χ3n) is 3.81. The number of rotatable bonds is 5. The van der Waals surface area contributed by atoms with Gasteiger partial charge in [-0.05, 0) is 36.8 Å². The van der Waals surface area contributed by atoms with E-state index in [0.717, 1.165) is 12.8 Å². The van der Waals surface area contributed by atoms with Crippen molar-refractivity contribution in [1.82, 2.24) is 0 Å². The Morgan fingerprint density at radius 2 is 2.05 bits per heavy atom. The van der Waals surface area contributed by atoms with Gasteiger partial charge >= 0.3 is 0 Å². The van der Waals surface area contributed by atoms with Crippen molar-refractivity contribution in [2.75, 3.05) is 6.61 Å². The maximum Gasteiger partial charge on any atom is 0.155 e. The summed E-state index contributed by atoms with van der Waals surface area (Å²) < 4.78 is 5.90. The Labute approximate surface area is 115 Å². The lowest BCUT2D eigenvalue weighted by Gasteiger charge is -2.32. The minimum Gasteiger partial charge on any atom is -0.374 e. The Bertz CT molecular complexity index is 450. The van der Waals surface area contributed by atoms with Gasteiger partial charge in [-0.15, -0.1) is 0 Å². The molecule has 0 bridgehead atoms. The van der Waals surface area contributed by atoms with Crippen LogP contribution < -0.4 is 0 Å². The predicted octanol–water partition coefficient (Wildman–Crippen LogP) is 4.08. The number of ether oxygens (including phenoxy) is 1. The van der Waals surface area contributed by atoms with Crippen molar-refractivity contribution in [2.45, 2.75) is 39.2 Å². The first-order chi connectivity index (χ1) is 9.13. The fourth-order valence-corrected chi connectivity index (χ4v) is 2.61. The Hall–Kier alpha value is -1.41. The van der Waals surface area contributed by atoms with Crippen LogP contribution in [-0.2, 0) is 9.53 Å². The van der Waals surface area contributed by atoms with Crippen LogP contribution in [0.3, 0.4) is 0 Å². The van der Waals surface area contributed by atoms with E-state index in [1.54, 1.807) is 6.08 Å². The number of allylic oxidation sites excluding steroid dienone is 2. The molecule has 0 N–H and O–H groups in total. The summed E-state index contributed by atoms with van der Waals surface area (Å²) in [6.07, 6.45) is 6.40. The van der Waals surface area contributed by atoms with Gasteiger partial charge in [0.25, 0.3) is 0 Å². The van der Waals surface area contributed by atoms with Gasteiger partial charge < -0.3 is 4.74 Å². The molecule has 0 aromatic heterocycles. The maximum atomic E-state index is 11.3. The molecule has 1 aromatic rings. The van der Waals surface area contributed by atoms with E-state index in [9.17, 15) is 4.79 Å². The summed E-state index contributed by atoms with van der Waals surface area (Å²) in [7, 11) is 0. The van der Waals surface area contributed by atoms with Gasteiger partial charge in [0.2, 0.25) is 0 Å². The first-order valence-corrected chi connectivity index (χ1v) is 7.01. The fraction of sp³-hybridized carbons (Fsp3) is 0.471. The third-order valence-corrected chi connectivity index (χ3v) is 3.81. The molecule has 0 saturated heterocycles. The Morgan fingerprint density at radius 1 is 1.32 bits per heavy atom. The second-order valence-electron chi connectivity index (χ2n) is 5.51. The van der Waals surface area contributed by atoms with Gasteiger partial charge in [-0.3, -0.25) is 4.79 Å². The standard InChI is InChI=1S/C17H22O2/c1-3-19-16(14-7-5-4-6-8-14)13-17(2)11-9-15(18)10-12-17/h4-9,11,16H,3,10,12-13H2,1-2H3/t16-,17-/m1/s1. The van der Waals surface area contributed by atoms with Gasteiger partial charge in [0.1, 0.15) is 0 Å². The number of hydrogen-bond donors (Lipinski definition) is 0. The topological polar surface area (TPSA) is 26.3 Å². The van der Waals surface area contributed by atoms with E-state index >= 15 is 0 Å². The highest BCUT2D eigenvalue weighted by Crippen LogP contribution is 2.39. The van der Waals surface area contributed by atoms with E-state index in [1.165, 1.54) is 5.56 Å². The highest BCUT2D eigenvalue weighted by Gasteiger charge is 2.29.